The predicted octanol–water partition coefficient (Wildman–Crippen LogP) is 7.44. The molecule has 1 saturated heterocycles. The van der Waals surface area contributed by atoms with Crippen molar-refractivity contribution in [2.75, 3.05) is 19.7 Å². The molecule has 0 bridgehead atoms. The van der Waals surface area contributed by atoms with E-state index in [1.54, 1.807) is 18.2 Å². The van der Waals surface area contributed by atoms with Crippen LogP contribution in [0.3, 0.4) is 0 Å². The fourth-order valence-corrected chi connectivity index (χ4v) is 5.22. The largest absolute Gasteiger partial charge is 0.483 e. The maximum atomic E-state index is 12.8. The Bertz CT molecular complexity index is 933. The quantitative estimate of drug-likeness (QED) is 0.350. The van der Waals surface area contributed by atoms with Gasteiger partial charge in [0.25, 0.3) is 6.47 Å². The minimum atomic E-state index is -2.86. The number of benzene rings is 1. The van der Waals surface area contributed by atoms with Crippen molar-refractivity contribution in [3.63, 3.8) is 0 Å². The van der Waals surface area contributed by atoms with Gasteiger partial charge in [0.05, 0.1) is 11.2 Å². The summed E-state index contributed by atoms with van der Waals surface area (Å²) in [7, 11) is 0. The van der Waals surface area contributed by atoms with E-state index in [2.05, 4.69) is 51.4 Å². The Morgan fingerprint density at radius 3 is 2.46 bits per heavy atom. The third-order valence-electron chi connectivity index (χ3n) is 5.97. The second-order valence-electron chi connectivity index (χ2n) is 10.7. The van der Waals surface area contributed by atoms with Crippen LogP contribution in [0.4, 0.5) is 8.78 Å². The molecule has 210 valence electrons. The molecular weight excluding hydrogens is 498 g/mol. The summed E-state index contributed by atoms with van der Waals surface area (Å²) in [6, 6.07) is 6.82. The molecule has 0 amide bonds. The molecule has 0 spiro atoms. The average molecular weight is 543 g/mol. The van der Waals surface area contributed by atoms with Crippen molar-refractivity contribution in [1.82, 2.24) is 9.88 Å². The molecule has 3 rings (SSSR count). The van der Waals surface area contributed by atoms with Crippen LogP contribution in [-0.2, 0) is 16.1 Å². The van der Waals surface area contributed by atoms with Gasteiger partial charge in [0.2, 0.25) is 0 Å². The number of para-hydroxylation sites is 1. The van der Waals surface area contributed by atoms with Crippen LogP contribution in [0.15, 0.2) is 30.5 Å². The zero-order valence-corrected chi connectivity index (χ0v) is 24.3. The van der Waals surface area contributed by atoms with E-state index in [9.17, 15) is 8.78 Å². The van der Waals surface area contributed by atoms with E-state index >= 15 is 0 Å². The van der Waals surface area contributed by atoms with Crippen molar-refractivity contribution in [1.29, 1.82) is 0 Å². The highest BCUT2D eigenvalue weighted by atomic mass is 32.1. The van der Waals surface area contributed by atoms with Gasteiger partial charge >= 0.3 is 6.61 Å². The third-order valence-corrected chi connectivity index (χ3v) is 6.99. The maximum absolute atomic E-state index is 12.8. The summed E-state index contributed by atoms with van der Waals surface area (Å²) in [6.45, 7) is 17.8. The molecule has 6 nitrogen and oxygen atoms in total. The van der Waals surface area contributed by atoms with Crippen molar-refractivity contribution in [2.24, 2.45) is 17.3 Å². The normalized spacial score (nSPS) is 20.1. The van der Waals surface area contributed by atoms with Crippen molar-refractivity contribution in [3.05, 3.63) is 35.3 Å². The van der Waals surface area contributed by atoms with Gasteiger partial charge in [-0.25, -0.2) is 4.98 Å². The van der Waals surface area contributed by atoms with Crippen molar-refractivity contribution in [2.45, 2.75) is 80.6 Å². The topological polar surface area (TPSA) is 71.9 Å². The Balaban J connectivity index is 0.00000127. The van der Waals surface area contributed by atoms with Gasteiger partial charge in [-0.2, -0.15) is 8.78 Å². The molecule has 0 aliphatic carbocycles. The van der Waals surface area contributed by atoms with Crippen LogP contribution < -0.4 is 4.74 Å². The second kappa shape index (κ2) is 15.3. The zero-order chi connectivity index (χ0) is 28.2. The number of ether oxygens (including phenoxy) is 2. The number of piperidine rings is 1. The summed E-state index contributed by atoms with van der Waals surface area (Å²) >= 11 is 1.53. The number of nitrogens with zero attached hydrogens (tertiary/aromatic N) is 2. The Morgan fingerprint density at radius 1 is 1.27 bits per heavy atom. The summed E-state index contributed by atoms with van der Waals surface area (Å²) in [4.78, 5) is 16.4. The van der Waals surface area contributed by atoms with Crippen LogP contribution in [0.2, 0.25) is 0 Å². The summed E-state index contributed by atoms with van der Waals surface area (Å²) in [5.74, 6) is 1.17. The first-order valence-electron chi connectivity index (χ1n) is 12.8. The van der Waals surface area contributed by atoms with Gasteiger partial charge in [-0.1, -0.05) is 60.6 Å². The summed E-state index contributed by atoms with van der Waals surface area (Å²) < 4.78 is 36.7. The van der Waals surface area contributed by atoms with Crippen molar-refractivity contribution >= 4 is 17.8 Å². The number of aromatic nitrogens is 1. The lowest BCUT2D eigenvalue weighted by atomic mass is 9.72. The van der Waals surface area contributed by atoms with Gasteiger partial charge in [0, 0.05) is 37.3 Å². The highest BCUT2D eigenvalue weighted by molar-refractivity contribution is 7.15. The maximum Gasteiger partial charge on any atom is 0.387 e. The summed E-state index contributed by atoms with van der Waals surface area (Å²) in [6.07, 6.45) is 2.90. The molecule has 1 N–H and O–H groups in total. The van der Waals surface area contributed by atoms with E-state index in [4.69, 9.17) is 19.4 Å². The van der Waals surface area contributed by atoms with Crippen LogP contribution in [0, 0.1) is 17.3 Å². The van der Waals surface area contributed by atoms with Crippen molar-refractivity contribution in [3.8, 4) is 16.3 Å². The standard InChI is InChI=1S/C25H36F2N2O2S.C2H6.CH2O2/c1-17(2)15-30-25(6)11-18(24(3,4)5)13-29(16-25)14-19-12-28-22(32-19)20-9-7-8-10-21(20)31-23(26)27;1-2;2-1-3/h7-10,12,17-18,23H,11,13-16H2,1-6H3;1-2H3;1H,(H,2,3)/t18?,25-;;/m0../s1. The van der Waals surface area contributed by atoms with E-state index in [0.29, 0.717) is 22.4 Å². The summed E-state index contributed by atoms with van der Waals surface area (Å²) in [5, 5.41) is 7.58. The lowest BCUT2D eigenvalue weighted by Gasteiger charge is -2.48. The minimum Gasteiger partial charge on any atom is -0.483 e. The first kappa shape index (κ1) is 32.9. The van der Waals surface area contributed by atoms with Gasteiger partial charge in [-0.3, -0.25) is 9.69 Å². The molecule has 37 heavy (non-hydrogen) atoms. The molecule has 1 aliphatic heterocycles. The number of hydrogen-bond acceptors (Lipinski definition) is 6. The Kier molecular flexibility index (Phi) is 13.7. The summed E-state index contributed by atoms with van der Waals surface area (Å²) in [5.41, 5.74) is 0.595. The minimum absolute atomic E-state index is 0.156. The van der Waals surface area contributed by atoms with E-state index in [1.807, 2.05) is 26.1 Å². The average Bonchev–Trinajstić information content (AvgIpc) is 3.27. The number of hydrogen-bond donors (Lipinski definition) is 1. The highest BCUT2D eigenvalue weighted by Gasteiger charge is 2.41. The van der Waals surface area contributed by atoms with E-state index in [0.717, 1.165) is 37.5 Å². The molecule has 1 unspecified atom stereocenters. The Labute approximate surface area is 225 Å². The monoisotopic (exact) mass is 542 g/mol. The number of rotatable bonds is 8. The molecule has 2 heterocycles. The van der Waals surface area contributed by atoms with Crippen LogP contribution in [0.25, 0.3) is 10.6 Å². The number of carboxylic acid groups (broad SMARTS) is 1. The van der Waals surface area contributed by atoms with Crippen molar-refractivity contribution < 1.29 is 28.2 Å². The van der Waals surface area contributed by atoms with E-state index in [1.165, 1.54) is 11.3 Å². The number of likely N-dealkylation sites (tertiary alicyclic amines) is 1. The fraction of sp³-hybridized carbons (Fsp3) is 0.643. The molecule has 1 aromatic heterocycles. The van der Waals surface area contributed by atoms with Crippen LogP contribution in [-0.4, -0.2) is 53.4 Å². The number of halogens is 2. The lowest BCUT2D eigenvalue weighted by Crippen LogP contribution is -2.53. The number of carbonyl (C=O) groups is 1. The smallest absolute Gasteiger partial charge is 0.387 e. The Morgan fingerprint density at radius 2 is 1.89 bits per heavy atom. The number of thiazole rings is 1. The molecule has 0 saturated carbocycles. The molecule has 1 aliphatic rings. The molecule has 2 atom stereocenters. The van der Waals surface area contributed by atoms with Crippen LogP contribution >= 0.6 is 11.3 Å². The first-order chi connectivity index (χ1) is 17.4. The zero-order valence-electron chi connectivity index (χ0n) is 23.5. The molecule has 1 aromatic carbocycles. The SMILES string of the molecule is CC.CC(C)CO[C@@]1(C)CC(C(C)(C)C)CN(Cc2cnc(-c3ccccc3OC(F)F)s2)C1.O=CO. The van der Waals surface area contributed by atoms with Crippen LogP contribution in [0.1, 0.15) is 66.7 Å². The van der Waals surface area contributed by atoms with Gasteiger partial charge in [-0.15, -0.1) is 11.3 Å². The Hall–Kier alpha value is -2.10. The van der Waals surface area contributed by atoms with Gasteiger partial charge in [0.1, 0.15) is 10.8 Å². The molecular formula is C28H44F2N2O4S. The molecule has 2 aromatic rings. The van der Waals surface area contributed by atoms with Crippen LogP contribution in [0.5, 0.6) is 5.75 Å². The van der Waals surface area contributed by atoms with Gasteiger partial charge < -0.3 is 14.6 Å². The molecule has 9 heteroatoms. The lowest BCUT2D eigenvalue weighted by molar-refractivity contribution is -0.122. The third kappa shape index (κ3) is 11.0. The van der Waals surface area contributed by atoms with Gasteiger partial charge in [0.15, 0.2) is 0 Å². The molecule has 1 fully saturated rings. The van der Waals surface area contributed by atoms with E-state index < -0.39 is 6.61 Å². The second-order valence-corrected chi connectivity index (χ2v) is 11.8. The first-order valence-corrected chi connectivity index (χ1v) is 13.6. The van der Waals surface area contributed by atoms with E-state index in [-0.39, 0.29) is 23.2 Å². The van der Waals surface area contributed by atoms with Gasteiger partial charge in [-0.05, 0) is 42.7 Å². The predicted molar refractivity (Wildman–Crippen MR) is 146 cm³/mol. The number of alkyl halides is 2. The highest BCUT2D eigenvalue weighted by Crippen LogP contribution is 2.40. The fourth-order valence-electron chi connectivity index (χ4n) is 4.24. The molecule has 0 radical (unpaired) electrons.